The fourth-order valence-electron chi connectivity index (χ4n) is 3.02. The fraction of sp³-hybridized carbons (Fsp3) is 0.200. The molecule has 0 aliphatic carbocycles. The predicted octanol–water partition coefficient (Wildman–Crippen LogP) is 5.57. The van der Waals surface area contributed by atoms with Gasteiger partial charge in [-0.15, -0.1) is 0 Å². The number of nitrogens with one attached hydrogen (secondary N) is 1. The van der Waals surface area contributed by atoms with Crippen LogP contribution >= 0.6 is 75.3 Å². The van der Waals surface area contributed by atoms with E-state index in [1.807, 2.05) is 0 Å². The average Bonchev–Trinajstić information content (AvgIpc) is 3.04. The molecule has 1 heterocycles. The summed E-state index contributed by atoms with van der Waals surface area (Å²) in [6.07, 6.45) is 0. The third-order valence-corrected chi connectivity index (χ3v) is 9.71. The van der Waals surface area contributed by atoms with Gasteiger partial charge in [-0.1, -0.05) is 11.6 Å². The molecule has 174 valence electrons. The number of hydrogen-bond acceptors (Lipinski definition) is 6. The van der Waals surface area contributed by atoms with Crippen LogP contribution in [-0.2, 0) is 14.3 Å². The lowest BCUT2D eigenvalue weighted by Crippen LogP contribution is -2.44. The molecule has 13 heteroatoms. The maximum atomic E-state index is 13.0. The molecule has 1 N–H and O–H groups in total. The van der Waals surface area contributed by atoms with Crippen molar-refractivity contribution in [1.29, 1.82) is 0 Å². The first kappa shape index (κ1) is 26.1. The van der Waals surface area contributed by atoms with Gasteiger partial charge in [0.05, 0.1) is 23.3 Å². The van der Waals surface area contributed by atoms with Crippen LogP contribution in [0.4, 0.5) is 5.69 Å². The van der Waals surface area contributed by atoms with E-state index >= 15 is 0 Å². The van der Waals surface area contributed by atoms with Crippen molar-refractivity contribution in [1.82, 2.24) is 4.90 Å². The maximum Gasteiger partial charge on any atom is 0.329 e. The van der Waals surface area contributed by atoms with Gasteiger partial charge in [-0.25, -0.2) is 4.79 Å². The first-order valence-electron chi connectivity index (χ1n) is 9.03. The number of rotatable bonds is 6. The lowest BCUT2D eigenvalue weighted by molar-refractivity contribution is -0.150. The highest BCUT2D eigenvalue weighted by Gasteiger charge is 2.45. The Kier molecular flexibility index (Phi) is 8.26. The van der Waals surface area contributed by atoms with Crippen molar-refractivity contribution in [3.63, 3.8) is 0 Å². The van der Waals surface area contributed by atoms with Crippen molar-refractivity contribution in [2.24, 2.45) is 0 Å². The van der Waals surface area contributed by atoms with E-state index in [-0.39, 0.29) is 11.1 Å². The van der Waals surface area contributed by atoms with Crippen molar-refractivity contribution in [2.75, 3.05) is 19.0 Å². The summed E-state index contributed by atoms with van der Waals surface area (Å²) < 4.78 is 11.9. The Labute approximate surface area is 226 Å². The zero-order valence-corrected chi connectivity index (χ0v) is 23.9. The van der Waals surface area contributed by atoms with Gasteiger partial charge >= 0.3 is 5.97 Å². The topological polar surface area (TPSA) is 102 Å². The van der Waals surface area contributed by atoms with Gasteiger partial charge in [0.15, 0.2) is 6.61 Å². The molecule has 2 aromatic carbocycles. The second-order valence-corrected chi connectivity index (χ2v) is 10.2. The van der Waals surface area contributed by atoms with E-state index in [1.54, 1.807) is 12.1 Å². The van der Waals surface area contributed by atoms with Crippen LogP contribution in [0.15, 0.2) is 36.1 Å². The largest absolute Gasteiger partial charge is 0.495 e. The Balaban J connectivity index is 1.69. The molecule has 1 aliphatic rings. The molecule has 0 spiro atoms. The van der Waals surface area contributed by atoms with Crippen LogP contribution in [0.5, 0.6) is 5.75 Å². The molecule has 1 atom stereocenters. The SMILES string of the molecule is COc1ccc(NC(=O)COC(=O)C(C)N2C(=O)c3c(Br)c(Br)c(Br)c(Br)c3C2=O)cc1Cl. The molecule has 0 fully saturated rings. The number of fused-ring (bicyclic) bond motifs is 1. The number of halogens is 5. The second-order valence-electron chi connectivity index (χ2n) is 6.67. The van der Waals surface area contributed by atoms with Gasteiger partial charge in [-0.2, -0.15) is 0 Å². The van der Waals surface area contributed by atoms with Gasteiger partial charge in [-0.05, 0) is 88.8 Å². The number of benzene rings is 2. The molecular weight excluding hydrogens is 719 g/mol. The van der Waals surface area contributed by atoms with E-state index in [4.69, 9.17) is 21.1 Å². The third kappa shape index (κ3) is 5.00. The predicted molar refractivity (Wildman–Crippen MR) is 135 cm³/mol. The molecule has 1 unspecified atom stereocenters. The molecule has 3 rings (SSSR count). The Morgan fingerprint density at radius 3 is 2.06 bits per heavy atom. The summed E-state index contributed by atoms with van der Waals surface area (Å²) in [6.45, 7) is 0.720. The molecule has 0 bridgehead atoms. The van der Waals surface area contributed by atoms with E-state index in [9.17, 15) is 19.2 Å². The molecule has 0 saturated heterocycles. The first-order chi connectivity index (χ1) is 15.5. The van der Waals surface area contributed by atoms with Crippen molar-refractivity contribution in [3.05, 3.63) is 52.2 Å². The van der Waals surface area contributed by atoms with Crippen LogP contribution in [0.25, 0.3) is 0 Å². The van der Waals surface area contributed by atoms with Crippen molar-refractivity contribution in [2.45, 2.75) is 13.0 Å². The number of methoxy groups -OCH3 is 1. The summed E-state index contributed by atoms with van der Waals surface area (Å²) in [6, 6.07) is 3.35. The molecular formula is C20H13Br4ClN2O6. The summed E-state index contributed by atoms with van der Waals surface area (Å²) in [5.74, 6) is -2.45. The van der Waals surface area contributed by atoms with Gasteiger partial charge in [0, 0.05) is 23.6 Å². The zero-order chi connectivity index (χ0) is 24.6. The zero-order valence-electron chi connectivity index (χ0n) is 16.8. The Hall–Kier alpha value is -1.47. The molecule has 3 amide bonds. The van der Waals surface area contributed by atoms with Gasteiger partial charge < -0.3 is 14.8 Å². The third-order valence-electron chi connectivity index (χ3n) is 4.64. The lowest BCUT2D eigenvalue weighted by Gasteiger charge is -2.20. The van der Waals surface area contributed by atoms with Gasteiger partial charge in [-0.3, -0.25) is 19.3 Å². The smallest absolute Gasteiger partial charge is 0.329 e. The molecule has 0 radical (unpaired) electrons. The van der Waals surface area contributed by atoms with Crippen molar-refractivity contribution < 1.29 is 28.7 Å². The van der Waals surface area contributed by atoms with Crippen LogP contribution in [0.3, 0.4) is 0 Å². The van der Waals surface area contributed by atoms with Crippen LogP contribution < -0.4 is 10.1 Å². The summed E-state index contributed by atoms with van der Waals surface area (Å²) in [4.78, 5) is 51.4. The summed E-state index contributed by atoms with van der Waals surface area (Å²) >= 11 is 19.3. The second kappa shape index (κ2) is 10.4. The molecule has 0 aromatic heterocycles. The molecule has 0 saturated carbocycles. The number of nitrogens with zero attached hydrogens (tertiary/aromatic N) is 1. The van der Waals surface area contributed by atoms with Crippen LogP contribution in [0.2, 0.25) is 5.02 Å². The highest BCUT2D eigenvalue weighted by Crippen LogP contribution is 2.45. The van der Waals surface area contributed by atoms with E-state index in [1.165, 1.54) is 20.1 Å². The highest BCUT2D eigenvalue weighted by atomic mass is 79.9. The van der Waals surface area contributed by atoms with E-state index < -0.39 is 36.3 Å². The summed E-state index contributed by atoms with van der Waals surface area (Å²) in [5, 5.41) is 2.82. The minimum absolute atomic E-state index is 0.107. The number of carbonyl (C=O) groups is 4. The number of hydrogen-bond donors (Lipinski definition) is 1. The number of ether oxygens (including phenoxy) is 2. The van der Waals surface area contributed by atoms with E-state index in [0.29, 0.717) is 34.4 Å². The van der Waals surface area contributed by atoms with Gasteiger partial charge in [0.25, 0.3) is 17.7 Å². The number of amides is 3. The van der Waals surface area contributed by atoms with Crippen molar-refractivity contribution >= 4 is 105 Å². The quantitative estimate of drug-likeness (QED) is 0.181. The minimum Gasteiger partial charge on any atom is -0.495 e. The number of anilines is 1. The first-order valence-corrected chi connectivity index (χ1v) is 12.6. The lowest BCUT2D eigenvalue weighted by atomic mass is 10.1. The van der Waals surface area contributed by atoms with E-state index in [0.717, 1.165) is 4.90 Å². The Bertz CT molecular complexity index is 1160. The fourth-order valence-corrected chi connectivity index (χ4v) is 5.74. The van der Waals surface area contributed by atoms with Crippen molar-refractivity contribution in [3.8, 4) is 5.75 Å². The number of esters is 1. The summed E-state index contributed by atoms with van der Waals surface area (Å²) in [5.41, 5.74) is 0.590. The average molecular weight is 732 g/mol. The standard InChI is InChI=1S/C20H13Br4ClN2O6/c1-7(20(31)33-6-11(28)26-8-3-4-10(32-2)9(25)5-8)27-18(29)12-13(19(27)30)15(22)17(24)16(23)14(12)21/h3-5,7H,6H2,1-2H3,(H,26,28). The van der Waals surface area contributed by atoms with Crippen LogP contribution in [-0.4, -0.2) is 48.3 Å². The molecule has 8 nitrogen and oxygen atoms in total. The molecule has 33 heavy (non-hydrogen) atoms. The number of imide groups is 1. The number of carbonyl (C=O) groups excluding carboxylic acids is 4. The Morgan fingerprint density at radius 1 is 1.03 bits per heavy atom. The monoisotopic (exact) mass is 728 g/mol. The molecule has 2 aromatic rings. The maximum absolute atomic E-state index is 13.0. The molecule has 1 aliphatic heterocycles. The van der Waals surface area contributed by atoms with Gasteiger partial charge in [0.2, 0.25) is 0 Å². The van der Waals surface area contributed by atoms with Crippen LogP contribution in [0.1, 0.15) is 27.6 Å². The van der Waals surface area contributed by atoms with Gasteiger partial charge in [0.1, 0.15) is 11.8 Å². The normalized spacial score (nSPS) is 13.6. The highest BCUT2D eigenvalue weighted by molar-refractivity contribution is 9.15. The summed E-state index contributed by atoms with van der Waals surface area (Å²) in [7, 11) is 1.46. The Morgan fingerprint density at radius 2 is 1.58 bits per heavy atom. The van der Waals surface area contributed by atoms with Crippen LogP contribution in [0, 0.1) is 0 Å². The van der Waals surface area contributed by atoms with E-state index in [2.05, 4.69) is 69.0 Å². The minimum atomic E-state index is -1.27.